The molecule has 0 saturated heterocycles. The lowest BCUT2D eigenvalue weighted by Crippen LogP contribution is -2.25. The van der Waals surface area contributed by atoms with E-state index in [1.165, 1.54) is 18.3 Å². The van der Waals surface area contributed by atoms with Gasteiger partial charge in [-0.3, -0.25) is 0 Å². The lowest BCUT2D eigenvalue weighted by atomic mass is 10.2. The molecule has 3 aromatic heterocycles. The van der Waals surface area contributed by atoms with E-state index in [0.717, 1.165) is 16.7 Å². The summed E-state index contributed by atoms with van der Waals surface area (Å²) >= 11 is 18.4. The molecule has 1 aromatic carbocycles. The summed E-state index contributed by atoms with van der Waals surface area (Å²) in [4.78, 5) is 8.35. The average molecular weight is 524 g/mol. The number of rotatable bonds is 6. The number of hydrogen-bond acceptors (Lipinski definition) is 7. The monoisotopic (exact) mass is 522 g/mol. The molecule has 174 valence electrons. The average Bonchev–Trinajstić information content (AvgIpc) is 3.40. The second-order valence-corrected chi connectivity index (χ2v) is 7.94. The summed E-state index contributed by atoms with van der Waals surface area (Å²) in [5.41, 5.74) is -0.506. The molecule has 0 unspecified atom stereocenters. The lowest BCUT2D eigenvalue weighted by Gasteiger charge is -2.16. The first-order chi connectivity index (χ1) is 15.6. The fraction of sp³-hybridized carbons (Fsp3) is 0.211. The van der Waals surface area contributed by atoms with Gasteiger partial charge in [-0.1, -0.05) is 40.0 Å². The van der Waals surface area contributed by atoms with Crippen LogP contribution in [0, 0.1) is 0 Å². The number of hydrogen-bond donors (Lipinski definition) is 2. The summed E-state index contributed by atoms with van der Waals surface area (Å²) in [6, 6.07) is 3.53. The zero-order valence-electron chi connectivity index (χ0n) is 16.1. The first-order valence-electron chi connectivity index (χ1n) is 9.08. The van der Waals surface area contributed by atoms with Crippen LogP contribution in [0.2, 0.25) is 15.1 Å². The first-order valence-corrected chi connectivity index (χ1v) is 10.2. The number of fused-ring (bicyclic) bond motifs is 1. The highest BCUT2D eigenvalue weighted by atomic mass is 35.5. The van der Waals surface area contributed by atoms with Crippen LogP contribution in [-0.4, -0.2) is 49.1 Å². The Hall–Kier alpha value is -2.57. The molecule has 0 aliphatic carbocycles. The number of nitrogens with zero attached hydrogens (tertiary/aromatic N) is 4. The largest absolute Gasteiger partial charge is 0.484 e. The van der Waals surface area contributed by atoms with Crippen LogP contribution in [0.25, 0.3) is 28.6 Å². The molecule has 3 heterocycles. The smallest absolute Gasteiger partial charge is 0.417 e. The van der Waals surface area contributed by atoms with E-state index in [4.69, 9.17) is 54.3 Å². The van der Waals surface area contributed by atoms with E-state index < -0.39 is 31.1 Å². The predicted octanol–water partition coefficient (Wildman–Crippen LogP) is 4.76. The van der Waals surface area contributed by atoms with E-state index in [2.05, 4.69) is 15.1 Å². The molecule has 0 aliphatic heterocycles. The summed E-state index contributed by atoms with van der Waals surface area (Å²) in [5, 5.41) is 22.2. The predicted molar refractivity (Wildman–Crippen MR) is 113 cm³/mol. The fourth-order valence-electron chi connectivity index (χ4n) is 2.85. The van der Waals surface area contributed by atoms with Gasteiger partial charge in [-0.25, -0.2) is 4.98 Å². The molecule has 4 aromatic rings. The number of alkyl halides is 3. The van der Waals surface area contributed by atoms with Crippen LogP contribution < -0.4 is 4.74 Å². The number of aromatic nitrogens is 4. The van der Waals surface area contributed by atoms with E-state index in [-0.39, 0.29) is 49.4 Å². The van der Waals surface area contributed by atoms with Crippen molar-refractivity contribution in [1.82, 2.24) is 19.5 Å². The van der Waals surface area contributed by atoms with Crippen LogP contribution in [0.5, 0.6) is 5.75 Å². The van der Waals surface area contributed by atoms with Gasteiger partial charge < -0.3 is 23.9 Å². The molecule has 0 atom stereocenters. The topological polar surface area (TPSA) is 106 Å². The van der Waals surface area contributed by atoms with Crippen molar-refractivity contribution in [2.24, 2.45) is 0 Å². The molecule has 0 bridgehead atoms. The molecule has 0 spiro atoms. The molecular weight excluding hydrogens is 512 g/mol. The van der Waals surface area contributed by atoms with E-state index in [1.807, 2.05) is 0 Å². The maximum absolute atomic E-state index is 13.0. The zero-order chi connectivity index (χ0) is 23.9. The van der Waals surface area contributed by atoms with Crippen molar-refractivity contribution in [3.63, 3.8) is 0 Å². The maximum Gasteiger partial charge on any atom is 0.417 e. The van der Waals surface area contributed by atoms with Gasteiger partial charge in [-0.2, -0.15) is 18.2 Å². The van der Waals surface area contributed by atoms with Gasteiger partial charge in [-0.05, 0) is 12.1 Å². The molecule has 4 rings (SSSR count). The van der Waals surface area contributed by atoms with Crippen LogP contribution in [-0.2, 0) is 6.18 Å². The Balaban J connectivity index is 1.68. The number of aliphatic hydroxyl groups is 2. The van der Waals surface area contributed by atoms with E-state index in [0.29, 0.717) is 0 Å². The van der Waals surface area contributed by atoms with Crippen molar-refractivity contribution in [2.75, 3.05) is 13.2 Å². The van der Waals surface area contributed by atoms with Crippen molar-refractivity contribution < 1.29 is 32.6 Å². The summed E-state index contributed by atoms with van der Waals surface area (Å²) in [7, 11) is 0. The molecular formula is C19H12Cl3F3N4O4. The number of ether oxygens (including phenoxy) is 1. The Morgan fingerprint density at radius 1 is 1.00 bits per heavy atom. The van der Waals surface area contributed by atoms with Crippen molar-refractivity contribution in [1.29, 1.82) is 0 Å². The van der Waals surface area contributed by atoms with Gasteiger partial charge in [0, 0.05) is 24.0 Å². The van der Waals surface area contributed by atoms with Gasteiger partial charge in [0.1, 0.15) is 17.5 Å². The van der Waals surface area contributed by atoms with Gasteiger partial charge in [0.15, 0.2) is 5.65 Å². The van der Waals surface area contributed by atoms with Crippen molar-refractivity contribution in [3.05, 3.63) is 51.2 Å². The van der Waals surface area contributed by atoms with E-state index in [1.54, 1.807) is 0 Å². The molecule has 0 radical (unpaired) electrons. The number of pyridine rings is 1. The summed E-state index contributed by atoms with van der Waals surface area (Å²) in [6.07, 6.45) is -3.36. The van der Waals surface area contributed by atoms with E-state index in [9.17, 15) is 13.2 Å². The summed E-state index contributed by atoms with van der Waals surface area (Å²) in [5.74, 6) is 0.0626. The lowest BCUT2D eigenvalue weighted by molar-refractivity contribution is -0.137. The quantitative estimate of drug-likeness (QED) is 0.375. The molecule has 0 aliphatic rings. The third-order valence-electron chi connectivity index (χ3n) is 4.44. The maximum atomic E-state index is 13.0. The van der Waals surface area contributed by atoms with Crippen LogP contribution in [0.15, 0.2) is 35.1 Å². The third-order valence-corrected chi connectivity index (χ3v) is 5.33. The van der Waals surface area contributed by atoms with Gasteiger partial charge >= 0.3 is 6.18 Å². The minimum absolute atomic E-state index is 0.0310. The normalized spacial score (nSPS) is 12.2. The fourth-order valence-corrected chi connectivity index (χ4v) is 3.56. The number of halogens is 6. The van der Waals surface area contributed by atoms with Crippen LogP contribution in [0.3, 0.4) is 0 Å². The summed E-state index contributed by atoms with van der Waals surface area (Å²) in [6.45, 7) is -0.873. The minimum Gasteiger partial charge on any atom is -0.484 e. The van der Waals surface area contributed by atoms with Crippen LogP contribution >= 0.6 is 34.8 Å². The van der Waals surface area contributed by atoms with Crippen molar-refractivity contribution in [3.8, 4) is 28.7 Å². The van der Waals surface area contributed by atoms with Crippen LogP contribution in [0.4, 0.5) is 13.2 Å². The Bertz CT molecular complexity index is 1320. The van der Waals surface area contributed by atoms with Crippen molar-refractivity contribution >= 4 is 40.4 Å². The molecule has 2 N–H and O–H groups in total. The highest BCUT2D eigenvalue weighted by molar-refractivity contribution is 6.36. The van der Waals surface area contributed by atoms with Crippen molar-refractivity contribution in [2.45, 2.75) is 12.3 Å². The van der Waals surface area contributed by atoms with Gasteiger partial charge in [0.2, 0.25) is 5.82 Å². The van der Waals surface area contributed by atoms with Gasteiger partial charge in [0.25, 0.3) is 5.89 Å². The SMILES string of the molecule is OCC(CO)Oc1cc(Cl)c(-c2noc(-c3cn4cc(C(F)(F)F)cc(Cl)c4n3)n2)cc1Cl. The molecule has 0 fully saturated rings. The third kappa shape index (κ3) is 4.73. The van der Waals surface area contributed by atoms with Gasteiger partial charge in [-0.15, -0.1) is 0 Å². The molecule has 8 nitrogen and oxygen atoms in total. The highest BCUT2D eigenvalue weighted by Gasteiger charge is 2.32. The van der Waals surface area contributed by atoms with Crippen LogP contribution in [0.1, 0.15) is 5.56 Å². The second kappa shape index (κ2) is 8.99. The Labute approximate surface area is 198 Å². The van der Waals surface area contributed by atoms with E-state index >= 15 is 0 Å². The highest BCUT2D eigenvalue weighted by Crippen LogP contribution is 2.37. The Morgan fingerprint density at radius 2 is 1.73 bits per heavy atom. The second-order valence-electron chi connectivity index (χ2n) is 6.72. The number of benzene rings is 1. The first kappa shape index (κ1) is 23.6. The molecule has 0 amide bonds. The summed E-state index contributed by atoms with van der Waals surface area (Å²) < 4.78 is 50.8. The standard InChI is InChI=1S/C19H12Cl3F3N4O4/c20-11-3-15(32-9(6-30)7-31)12(21)2-10(11)16-27-18(33-28-16)14-5-29-4-8(19(23,24)25)1-13(22)17(29)26-14/h1-5,9,30-31H,6-7H2. The minimum atomic E-state index is -4.58. The molecule has 0 saturated carbocycles. The Kier molecular flexibility index (Phi) is 6.43. The zero-order valence-corrected chi connectivity index (χ0v) is 18.4. The molecule has 14 heteroatoms. The molecule has 33 heavy (non-hydrogen) atoms. The Morgan fingerprint density at radius 3 is 2.39 bits per heavy atom. The number of imidazole rings is 1. The van der Waals surface area contributed by atoms with Gasteiger partial charge in [0.05, 0.1) is 33.8 Å². The number of aliphatic hydroxyl groups excluding tert-OH is 2.